The van der Waals surface area contributed by atoms with E-state index in [4.69, 9.17) is 9.47 Å². The highest BCUT2D eigenvalue weighted by atomic mass is 19.4. The van der Waals surface area contributed by atoms with Crippen LogP contribution in [0, 0.1) is 0 Å². The molecular formula is C15H20F3NO2. The summed E-state index contributed by atoms with van der Waals surface area (Å²) in [6.07, 6.45) is -0.693. The van der Waals surface area contributed by atoms with Gasteiger partial charge in [0.15, 0.2) is 11.5 Å². The molecule has 1 saturated heterocycles. The second-order valence-corrected chi connectivity index (χ2v) is 5.23. The van der Waals surface area contributed by atoms with Crippen molar-refractivity contribution in [2.45, 2.75) is 37.9 Å². The van der Waals surface area contributed by atoms with Crippen LogP contribution in [0.4, 0.5) is 13.2 Å². The van der Waals surface area contributed by atoms with Crippen LogP contribution in [0.3, 0.4) is 0 Å². The number of methoxy groups -OCH3 is 2. The van der Waals surface area contributed by atoms with Crippen molar-refractivity contribution >= 4 is 0 Å². The molecule has 1 aromatic rings. The van der Waals surface area contributed by atoms with E-state index < -0.39 is 11.7 Å². The fourth-order valence-corrected chi connectivity index (χ4v) is 2.73. The molecule has 0 aliphatic carbocycles. The van der Waals surface area contributed by atoms with Crippen LogP contribution in [-0.4, -0.2) is 26.8 Å². The van der Waals surface area contributed by atoms with E-state index in [1.165, 1.54) is 14.2 Å². The Kier molecular flexibility index (Phi) is 4.98. The number of rotatable bonds is 4. The molecule has 2 rings (SSSR count). The van der Waals surface area contributed by atoms with Crippen LogP contribution in [0.5, 0.6) is 11.5 Å². The van der Waals surface area contributed by atoms with Gasteiger partial charge in [0, 0.05) is 6.04 Å². The third-order valence-corrected chi connectivity index (χ3v) is 3.74. The standard InChI is InChI=1S/C15H20F3NO2/c1-20-13-9-10(7-11-5-3-4-6-19-11)8-12(14(13)21-2)15(16,17)18/h8-9,11,19H,3-7H2,1-2H3. The first-order valence-corrected chi connectivity index (χ1v) is 7.01. The third-order valence-electron chi connectivity index (χ3n) is 3.74. The predicted molar refractivity (Wildman–Crippen MR) is 73.9 cm³/mol. The Morgan fingerprint density at radius 1 is 1.19 bits per heavy atom. The maximum atomic E-state index is 13.2. The van der Waals surface area contributed by atoms with Crippen LogP contribution in [-0.2, 0) is 12.6 Å². The summed E-state index contributed by atoms with van der Waals surface area (Å²) in [6.45, 7) is 0.921. The molecule has 21 heavy (non-hydrogen) atoms. The highest BCUT2D eigenvalue weighted by Crippen LogP contribution is 2.42. The van der Waals surface area contributed by atoms with Crippen molar-refractivity contribution in [2.75, 3.05) is 20.8 Å². The molecule has 1 aliphatic rings. The molecule has 6 heteroatoms. The molecular weight excluding hydrogens is 283 g/mol. The molecule has 1 atom stereocenters. The van der Waals surface area contributed by atoms with Crippen LogP contribution < -0.4 is 14.8 Å². The average molecular weight is 303 g/mol. The lowest BCUT2D eigenvalue weighted by atomic mass is 9.96. The lowest BCUT2D eigenvalue weighted by Crippen LogP contribution is -2.35. The molecule has 1 heterocycles. The quantitative estimate of drug-likeness (QED) is 0.924. The van der Waals surface area contributed by atoms with E-state index in [1.54, 1.807) is 6.07 Å². The summed E-state index contributed by atoms with van der Waals surface area (Å²) in [6, 6.07) is 3.01. The molecule has 1 aromatic carbocycles. The first-order valence-electron chi connectivity index (χ1n) is 7.01. The van der Waals surface area contributed by atoms with Gasteiger partial charge in [-0.15, -0.1) is 0 Å². The molecule has 1 fully saturated rings. The van der Waals surface area contributed by atoms with Crippen LogP contribution in [0.15, 0.2) is 12.1 Å². The third kappa shape index (κ3) is 3.81. The fraction of sp³-hybridized carbons (Fsp3) is 0.600. The van der Waals surface area contributed by atoms with Crippen LogP contribution in [0.1, 0.15) is 30.4 Å². The molecule has 118 valence electrons. The highest BCUT2D eigenvalue weighted by molar-refractivity contribution is 5.51. The Labute approximate surface area is 122 Å². The Morgan fingerprint density at radius 2 is 1.95 bits per heavy atom. The number of hydrogen-bond donors (Lipinski definition) is 1. The Balaban J connectivity index is 2.33. The van der Waals surface area contributed by atoms with Gasteiger partial charge in [0.1, 0.15) is 5.56 Å². The van der Waals surface area contributed by atoms with Crippen LogP contribution in [0.25, 0.3) is 0 Å². The summed E-state index contributed by atoms with van der Waals surface area (Å²) in [4.78, 5) is 0. The van der Waals surface area contributed by atoms with Crippen molar-refractivity contribution < 1.29 is 22.6 Å². The van der Waals surface area contributed by atoms with E-state index in [9.17, 15) is 13.2 Å². The molecule has 0 saturated carbocycles. The van der Waals surface area contributed by atoms with E-state index in [-0.39, 0.29) is 17.5 Å². The molecule has 0 bridgehead atoms. The summed E-state index contributed by atoms with van der Waals surface area (Å²) in [7, 11) is 2.57. The van der Waals surface area contributed by atoms with Gasteiger partial charge in [-0.1, -0.05) is 6.42 Å². The number of ether oxygens (including phenoxy) is 2. The van der Waals surface area contributed by atoms with E-state index in [1.807, 2.05) is 0 Å². The smallest absolute Gasteiger partial charge is 0.420 e. The molecule has 1 unspecified atom stereocenters. The summed E-state index contributed by atoms with van der Waals surface area (Å²) < 4.78 is 49.4. The normalized spacial score (nSPS) is 19.4. The van der Waals surface area contributed by atoms with Crippen molar-refractivity contribution in [3.63, 3.8) is 0 Å². The van der Waals surface area contributed by atoms with Crippen molar-refractivity contribution in [2.24, 2.45) is 0 Å². The lowest BCUT2D eigenvalue weighted by molar-refractivity contribution is -0.138. The van der Waals surface area contributed by atoms with Crippen LogP contribution >= 0.6 is 0 Å². The van der Waals surface area contributed by atoms with Gasteiger partial charge in [0.25, 0.3) is 0 Å². The molecule has 0 amide bonds. The average Bonchev–Trinajstić information content (AvgIpc) is 2.46. The zero-order chi connectivity index (χ0) is 15.5. The summed E-state index contributed by atoms with van der Waals surface area (Å²) >= 11 is 0. The van der Waals surface area contributed by atoms with Crippen molar-refractivity contribution in [3.8, 4) is 11.5 Å². The minimum Gasteiger partial charge on any atom is -0.493 e. The predicted octanol–water partition coefficient (Wildman–Crippen LogP) is 3.41. The topological polar surface area (TPSA) is 30.5 Å². The maximum absolute atomic E-state index is 13.2. The SMILES string of the molecule is COc1cc(CC2CCCCN2)cc(C(F)(F)F)c1OC. The number of nitrogens with one attached hydrogen (secondary N) is 1. The fourth-order valence-electron chi connectivity index (χ4n) is 2.73. The maximum Gasteiger partial charge on any atom is 0.420 e. The second kappa shape index (κ2) is 6.56. The van der Waals surface area contributed by atoms with Gasteiger partial charge < -0.3 is 14.8 Å². The van der Waals surface area contributed by atoms with E-state index in [0.29, 0.717) is 12.0 Å². The van der Waals surface area contributed by atoms with E-state index in [0.717, 1.165) is 31.9 Å². The molecule has 3 nitrogen and oxygen atoms in total. The zero-order valence-electron chi connectivity index (χ0n) is 12.2. The largest absolute Gasteiger partial charge is 0.493 e. The molecule has 0 spiro atoms. The van der Waals surface area contributed by atoms with Crippen molar-refractivity contribution in [1.29, 1.82) is 0 Å². The van der Waals surface area contributed by atoms with Gasteiger partial charge in [-0.25, -0.2) is 0 Å². The number of piperidine rings is 1. The van der Waals surface area contributed by atoms with Gasteiger partial charge >= 0.3 is 6.18 Å². The Hall–Kier alpha value is -1.43. The van der Waals surface area contributed by atoms with Gasteiger partial charge in [0.2, 0.25) is 0 Å². The Bertz CT molecular complexity index is 483. The summed E-state index contributed by atoms with van der Waals surface area (Å²) in [5, 5.41) is 3.34. The second-order valence-electron chi connectivity index (χ2n) is 5.23. The number of halogens is 3. The molecule has 1 aliphatic heterocycles. The van der Waals surface area contributed by atoms with Gasteiger partial charge in [-0.2, -0.15) is 13.2 Å². The van der Waals surface area contributed by atoms with Gasteiger partial charge in [-0.3, -0.25) is 0 Å². The summed E-state index contributed by atoms with van der Waals surface area (Å²) in [5.41, 5.74) is -0.172. The monoisotopic (exact) mass is 303 g/mol. The minimum absolute atomic E-state index is 0.123. The first kappa shape index (κ1) is 15.9. The molecule has 0 radical (unpaired) electrons. The van der Waals surface area contributed by atoms with Gasteiger partial charge in [0.05, 0.1) is 14.2 Å². The number of alkyl halides is 3. The zero-order valence-corrected chi connectivity index (χ0v) is 12.2. The van der Waals surface area contributed by atoms with Crippen LogP contribution in [0.2, 0.25) is 0 Å². The van der Waals surface area contributed by atoms with Crippen molar-refractivity contribution in [3.05, 3.63) is 23.3 Å². The number of benzene rings is 1. The minimum atomic E-state index is -4.46. The lowest BCUT2D eigenvalue weighted by Gasteiger charge is -2.24. The van der Waals surface area contributed by atoms with E-state index in [2.05, 4.69) is 5.32 Å². The molecule has 0 aromatic heterocycles. The summed E-state index contributed by atoms with van der Waals surface area (Å²) in [5.74, 6) is -0.136. The first-order chi connectivity index (χ1) is 9.95. The van der Waals surface area contributed by atoms with Crippen molar-refractivity contribution in [1.82, 2.24) is 5.32 Å². The highest BCUT2D eigenvalue weighted by Gasteiger charge is 2.36. The number of hydrogen-bond acceptors (Lipinski definition) is 3. The molecule has 1 N–H and O–H groups in total. The Morgan fingerprint density at radius 3 is 2.48 bits per heavy atom. The van der Waals surface area contributed by atoms with Gasteiger partial charge in [-0.05, 0) is 43.5 Å². The van der Waals surface area contributed by atoms with E-state index >= 15 is 0 Å².